The highest BCUT2D eigenvalue weighted by atomic mass is 19.1. The van der Waals surface area contributed by atoms with Crippen molar-refractivity contribution in [2.45, 2.75) is 19.4 Å². The molecule has 3 aromatic carbocycles. The van der Waals surface area contributed by atoms with E-state index in [9.17, 15) is 23.9 Å². The zero-order valence-corrected chi connectivity index (χ0v) is 19.9. The third-order valence-corrected chi connectivity index (χ3v) is 6.57. The van der Waals surface area contributed by atoms with E-state index in [4.69, 9.17) is 0 Å². The van der Waals surface area contributed by atoms with E-state index in [-0.39, 0.29) is 16.5 Å². The number of hydrogen-bond acceptors (Lipinski definition) is 4. The maximum atomic E-state index is 13.8. The van der Waals surface area contributed by atoms with Crippen LogP contribution in [-0.4, -0.2) is 24.0 Å². The van der Waals surface area contributed by atoms with E-state index in [1.165, 1.54) is 12.1 Å². The first-order valence-corrected chi connectivity index (χ1v) is 11.6. The molecule has 0 spiro atoms. The molecular formula is C28H21FN4O4. The summed E-state index contributed by atoms with van der Waals surface area (Å²) in [7, 11) is 0. The molecule has 0 bridgehead atoms. The zero-order chi connectivity index (χ0) is 26.1. The summed E-state index contributed by atoms with van der Waals surface area (Å²) in [5, 5.41) is 10.5. The lowest BCUT2D eigenvalue weighted by Crippen LogP contribution is -2.33. The Morgan fingerprint density at radius 1 is 0.838 bits per heavy atom. The summed E-state index contributed by atoms with van der Waals surface area (Å²) in [6.45, 7) is 3.34. The van der Waals surface area contributed by atoms with E-state index in [1.54, 1.807) is 60.7 Å². The number of halogens is 1. The Hall–Kier alpha value is -4.76. The van der Waals surface area contributed by atoms with Crippen molar-refractivity contribution in [3.05, 3.63) is 115 Å². The monoisotopic (exact) mass is 496 g/mol. The van der Waals surface area contributed by atoms with Crippen molar-refractivity contribution in [2.24, 2.45) is 0 Å². The van der Waals surface area contributed by atoms with Gasteiger partial charge in [-0.1, -0.05) is 18.2 Å². The summed E-state index contributed by atoms with van der Waals surface area (Å²) >= 11 is 0. The second-order valence-corrected chi connectivity index (χ2v) is 9.50. The number of nitrogens with zero attached hydrogens (tertiary/aromatic N) is 2. The molecule has 0 aliphatic rings. The second-order valence-electron chi connectivity index (χ2n) is 9.50. The lowest BCUT2D eigenvalue weighted by molar-refractivity contribution is 0.0787. The standard InChI is InChI=1S/C28H21FN4O4/c1-28(2,37)16-6-9-23-21(13-16)30-25(34)24-11-10-22(33(23)24)15-4-3-5-18(12-15)32-26(35)19-14-17(29)7-8-20(19)31-27(32)36/h3-14,37H,1-2H3,(H,30,34)(H,31,36). The first kappa shape index (κ1) is 22.7. The summed E-state index contributed by atoms with van der Waals surface area (Å²) < 4.78 is 16.6. The van der Waals surface area contributed by atoms with Gasteiger partial charge in [-0.25, -0.2) is 13.8 Å². The number of aromatic nitrogens is 4. The van der Waals surface area contributed by atoms with Gasteiger partial charge in [-0.15, -0.1) is 0 Å². The van der Waals surface area contributed by atoms with Gasteiger partial charge in [0.2, 0.25) is 0 Å². The molecule has 37 heavy (non-hydrogen) atoms. The predicted octanol–water partition coefficient (Wildman–Crippen LogP) is 3.81. The van der Waals surface area contributed by atoms with Gasteiger partial charge < -0.3 is 19.5 Å². The molecule has 3 aromatic heterocycles. The molecule has 3 N–H and O–H groups in total. The Balaban J connectivity index is 1.59. The van der Waals surface area contributed by atoms with Gasteiger partial charge in [0.1, 0.15) is 11.3 Å². The van der Waals surface area contributed by atoms with Crippen LogP contribution in [0.2, 0.25) is 0 Å². The molecule has 6 rings (SSSR count). The first-order valence-electron chi connectivity index (χ1n) is 11.6. The molecule has 0 saturated heterocycles. The SMILES string of the molecule is CC(C)(O)c1ccc2c(c1)[nH]c(=O)c1ccc(-c3cccc(-n4c(=O)[nH]c5ccc(F)cc5c4=O)c3)n12. The van der Waals surface area contributed by atoms with E-state index in [1.807, 2.05) is 12.1 Å². The lowest BCUT2D eigenvalue weighted by atomic mass is 9.98. The quantitative estimate of drug-likeness (QED) is 0.346. The molecule has 8 nitrogen and oxygen atoms in total. The minimum absolute atomic E-state index is 0.0540. The molecule has 0 saturated carbocycles. The third kappa shape index (κ3) is 3.59. The largest absolute Gasteiger partial charge is 0.386 e. The summed E-state index contributed by atoms with van der Waals surface area (Å²) in [5.41, 5.74) is 1.52. The Bertz CT molecular complexity index is 2060. The van der Waals surface area contributed by atoms with Gasteiger partial charge in [0.05, 0.1) is 38.9 Å². The fraction of sp³-hybridized carbons (Fsp3) is 0.107. The van der Waals surface area contributed by atoms with E-state index < -0.39 is 22.7 Å². The van der Waals surface area contributed by atoms with Crippen molar-refractivity contribution >= 4 is 27.5 Å². The van der Waals surface area contributed by atoms with E-state index in [0.29, 0.717) is 39.1 Å². The normalized spacial score (nSPS) is 12.1. The van der Waals surface area contributed by atoms with Crippen LogP contribution in [0.25, 0.3) is 44.4 Å². The van der Waals surface area contributed by atoms with Crippen molar-refractivity contribution in [1.82, 2.24) is 18.9 Å². The molecule has 9 heteroatoms. The molecule has 0 atom stereocenters. The molecule has 0 aliphatic heterocycles. The molecule has 0 radical (unpaired) electrons. The second kappa shape index (κ2) is 7.87. The van der Waals surface area contributed by atoms with Crippen LogP contribution in [-0.2, 0) is 5.60 Å². The zero-order valence-electron chi connectivity index (χ0n) is 19.9. The summed E-state index contributed by atoms with van der Waals surface area (Å²) in [6.07, 6.45) is 0. The Morgan fingerprint density at radius 3 is 2.41 bits per heavy atom. The van der Waals surface area contributed by atoms with E-state index >= 15 is 0 Å². The fourth-order valence-electron chi connectivity index (χ4n) is 4.72. The van der Waals surface area contributed by atoms with Crippen LogP contribution in [0, 0.1) is 5.82 Å². The number of H-pyrrole nitrogens is 2. The molecule has 0 fully saturated rings. The van der Waals surface area contributed by atoms with Crippen LogP contribution >= 0.6 is 0 Å². The molecule has 0 amide bonds. The third-order valence-electron chi connectivity index (χ3n) is 6.57. The molecular weight excluding hydrogens is 475 g/mol. The number of nitrogens with one attached hydrogen (secondary N) is 2. The van der Waals surface area contributed by atoms with Gasteiger partial charge in [-0.3, -0.25) is 9.59 Å². The van der Waals surface area contributed by atoms with Crippen LogP contribution < -0.4 is 16.8 Å². The number of aliphatic hydroxyl groups is 1. The molecule has 6 aromatic rings. The Labute approximate surface area is 207 Å². The minimum Gasteiger partial charge on any atom is -0.386 e. The van der Waals surface area contributed by atoms with Gasteiger partial charge in [-0.05, 0) is 74.0 Å². The average Bonchev–Trinajstić information content (AvgIpc) is 3.30. The molecule has 184 valence electrons. The number of fused-ring (bicyclic) bond motifs is 4. The molecule has 0 aliphatic carbocycles. The first-order chi connectivity index (χ1) is 17.6. The maximum absolute atomic E-state index is 13.8. The van der Waals surface area contributed by atoms with Crippen molar-refractivity contribution in [3.63, 3.8) is 0 Å². The minimum atomic E-state index is -1.09. The van der Waals surface area contributed by atoms with Crippen molar-refractivity contribution in [2.75, 3.05) is 0 Å². The van der Waals surface area contributed by atoms with E-state index in [0.717, 1.165) is 10.6 Å². The summed E-state index contributed by atoms with van der Waals surface area (Å²) in [5.74, 6) is -0.582. The van der Waals surface area contributed by atoms with Gasteiger partial charge in [0, 0.05) is 5.56 Å². The van der Waals surface area contributed by atoms with Crippen LogP contribution in [0.4, 0.5) is 4.39 Å². The lowest BCUT2D eigenvalue weighted by Gasteiger charge is -2.18. The molecule has 0 unspecified atom stereocenters. The highest BCUT2D eigenvalue weighted by Crippen LogP contribution is 2.28. The predicted molar refractivity (Wildman–Crippen MR) is 140 cm³/mol. The number of benzene rings is 3. The van der Waals surface area contributed by atoms with Gasteiger partial charge in [0.15, 0.2) is 0 Å². The Morgan fingerprint density at radius 2 is 1.62 bits per heavy atom. The molecule has 3 heterocycles. The highest BCUT2D eigenvalue weighted by molar-refractivity contribution is 5.83. The van der Waals surface area contributed by atoms with Crippen molar-refractivity contribution < 1.29 is 9.50 Å². The van der Waals surface area contributed by atoms with Gasteiger partial charge >= 0.3 is 5.69 Å². The number of aromatic amines is 2. The number of rotatable bonds is 3. The van der Waals surface area contributed by atoms with E-state index in [2.05, 4.69) is 9.97 Å². The topological polar surface area (TPSA) is 112 Å². The van der Waals surface area contributed by atoms with Crippen LogP contribution in [0.3, 0.4) is 0 Å². The maximum Gasteiger partial charge on any atom is 0.333 e. The highest BCUT2D eigenvalue weighted by Gasteiger charge is 2.19. The smallest absolute Gasteiger partial charge is 0.333 e. The van der Waals surface area contributed by atoms with Crippen LogP contribution in [0.5, 0.6) is 0 Å². The Kier molecular flexibility index (Phi) is 4.83. The fourth-order valence-corrected chi connectivity index (χ4v) is 4.72. The van der Waals surface area contributed by atoms with Crippen LogP contribution in [0.1, 0.15) is 19.4 Å². The van der Waals surface area contributed by atoms with Crippen molar-refractivity contribution in [3.8, 4) is 16.9 Å². The summed E-state index contributed by atoms with van der Waals surface area (Å²) in [4.78, 5) is 44.3. The van der Waals surface area contributed by atoms with Crippen LogP contribution in [0.15, 0.2) is 87.2 Å². The van der Waals surface area contributed by atoms with Gasteiger partial charge in [0.25, 0.3) is 11.1 Å². The van der Waals surface area contributed by atoms with Gasteiger partial charge in [-0.2, -0.15) is 0 Å². The average molecular weight is 496 g/mol. The summed E-state index contributed by atoms with van der Waals surface area (Å²) in [6, 6.07) is 19.3. The number of hydrogen-bond donors (Lipinski definition) is 3. The van der Waals surface area contributed by atoms with Crippen molar-refractivity contribution in [1.29, 1.82) is 0 Å².